The number of carboxylic acids is 4. The minimum atomic E-state index is -0.903. The summed E-state index contributed by atoms with van der Waals surface area (Å²) in [5.74, 6) is -3.61. The van der Waals surface area contributed by atoms with Crippen LogP contribution < -0.4 is 20.4 Å². The Hall–Kier alpha value is -1.48. The topological polar surface area (TPSA) is 161 Å². The summed E-state index contributed by atoms with van der Waals surface area (Å²) in [5.41, 5.74) is 0. The molecule has 0 aromatic carbocycles. The second-order valence-electron chi connectivity index (χ2n) is 24.3. The van der Waals surface area contributed by atoms with Crippen LogP contribution in [-0.2, 0) is 39.0 Å². The van der Waals surface area contributed by atoms with Crippen molar-refractivity contribution >= 4 is 23.9 Å². The van der Waals surface area contributed by atoms with E-state index in [4.69, 9.17) is 0 Å². The van der Waals surface area contributed by atoms with Gasteiger partial charge in [0.05, 0.1) is 0 Å². The number of rotatable bonds is 64. The number of carbonyl (C=O) groups is 4. The van der Waals surface area contributed by atoms with Crippen LogP contribution in [-0.4, -0.2) is 23.9 Å². The van der Waals surface area contributed by atoms with Crippen molar-refractivity contribution in [2.45, 2.75) is 439 Å². The monoisotopic (exact) mass is 1330 g/mol. The summed E-state index contributed by atoms with van der Waals surface area (Å²) in [4.78, 5) is 40.9. The minimum absolute atomic E-state index is 0. The van der Waals surface area contributed by atoms with Gasteiger partial charge in [0.2, 0.25) is 0 Å². The van der Waals surface area contributed by atoms with Gasteiger partial charge in [-0.05, 0) is 51.4 Å². The third-order valence-electron chi connectivity index (χ3n) is 15.9. The van der Waals surface area contributed by atoms with Crippen LogP contribution in [0.2, 0.25) is 0 Å². The summed E-state index contributed by atoms with van der Waals surface area (Å²) >= 11 is 0. The fourth-order valence-electron chi connectivity index (χ4n) is 10.6. The molecule has 0 bridgehead atoms. The molecule has 9 heteroatoms. The molecular weight excluding hydrogens is 1180 g/mol. The van der Waals surface area contributed by atoms with Crippen LogP contribution in [0.15, 0.2) is 0 Å². The number of carbonyl (C=O) groups excluding carboxylic acids is 4. The summed E-state index contributed by atoms with van der Waals surface area (Å²) in [6, 6.07) is 0. The molecule has 0 heterocycles. The van der Waals surface area contributed by atoms with Gasteiger partial charge in [-0.1, -0.05) is 387 Å². The van der Waals surface area contributed by atoms with Gasteiger partial charge in [-0.25, -0.2) is 0 Å². The van der Waals surface area contributed by atoms with Crippen LogP contribution in [0.5, 0.6) is 0 Å². The maximum Gasteiger partial charge on any atom is 4.00 e. The van der Waals surface area contributed by atoms with E-state index >= 15 is 0 Å². The quantitative estimate of drug-likeness (QED) is 0.0544. The van der Waals surface area contributed by atoms with Gasteiger partial charge in [0.25, 0.3) is 0 Å². The number of hydrogen-bond acceptors (Lipinski definition) is 8. The average molecular weight is 1320 g/mol. The van der Waals surface area contributed by atoms with E-state index in [9.17, 15) is 39.6 Å². The normalized spacial score (nSPS) is 10.7. The van der Waals surface area contributed by atoms with Crippen LogP contribution >= 0.6 is 0 Å². The molecule has 0 radical (unpaired) electrons. The standard InChI is InChI=1S/4C18H36O2.Os/c4*1-2-3-4-5-6-7-8-9-10-11-12-13-14-15-16-17-18(19)20;/h4*2-17H2,1H3,(H,19,20);/q;;;;+4/p-4. The van der Waals surface area contributed by atoms with Gasteiger partial charge in [-0.2, -0.15) is 0 Å². The van der Waals surface area contributed by atoms with Gasteiger partial charge >= 0.3 is 19.8 Å². The molecule has 0 aromatic rings. The van der Waals surface area contributed by atoms with Gasteiger partial charge in [-0.15, -0.1) is 0 Å². The predicted molar refractivity (Wildman–Crippen MR) is 338 cm³/mol. The molecule has 0 aliphatic carbocycles. The summed E-state index contributed by atoms with van der Waals surface area (Å²) in [7, 11) is 0. The number of aliphatic carboxylic acids is 4. The van der Waals surface area contributed by atoms with E-state index in [2.05, 4.69) is 27.7 Å². The van der Waals surface area contributed by atoms with Gasteiger partial charge in [0.15, 0.2) is 0 Å². The Morgan fingerprint density at radius 3 is 0.309 bits per heavy atom. The Bertz CT molecular complexity index is 990. The van der Waals surface area contributed by atoms with Crippen LogP contribution in [0.25, 0.3) is 0 Å². The predicted octanol–water partition coefficient (Wildman–Crippen LogP) is 20.0. The number of unbranched alkanes of at least 4 members (excludes halogenated alkanes) is 56. The van der Waals surface area contributed by atoms with E-state index in [0.29, 0.717) is 0 Å². The molecule has 0 spiro atoms. The first kappa shape index (κ1) is 88.3. The zero-order valence-electron chi connectivity index (χ0n) is 54.9. The van der Waals surface area contributed by atoms with Crippen molar-refractivity contribution in [2.24, 2.45) is 0 Å². The summed E-state index contributed by atoms with van der Waals surface area (Å²) in [5, 5.41) is 40.9. The van der Waals surface area contributed by atoms with Crippen molar-refractivity contribution in [1.29, 1.82) is 0 Å². The molecule has 484 valence electrons. The van der Waals surface area contributed by atoms with Gasteiger partial charge in [0, 0.05) is 23.9 Å². The molecule has 0 N–H and O–H groups in total. The van der Waals surface area contributed by atoms with Crippen LogP contribution in [0.1, 0.15) is 439 Å². The zero-order valence-corrected chi connectivity index (χ0v) is 57.4. The van der Waals surface area contributed by atoms with Gasteiger partial charge < -0.3 is 39.6 Å². The smallest absolute Gasteiger partial charge is 0.550 e. The molecule has 0 rings (SSSR count). The largest absolute Gasteiger partial charge is 4.00 e. The molecule has 0 amide bonds. The molecule has 0 saturated carbocycles. The van der Waals surface area contributed by atoms with E-state index in [1.165, 1.54) is 334 Å². The Kier molecular flexibility index (Phi) is 92.6. The minimum Gasteiger partial charge on any atom is -0.550 e. The Labute approximate surface area is 519 Å². The molecule has 0 fully saturated rings. The van der Waals surface area contributed by atoms with E-state index in [1.54, 1.807) is 0 Å². The van der Waals surface area contributed by atoms with Crippen LogP contribution in [0.3, 0.4) is 0 Å². The maximum atomic E-state index is 10.2. The molecule has 0 unspecified atom stereocenters. The molecule has 0 saturated heterocycles. The molecular formula is C72H140O8Os. The molecule has 0 aliphatic rings. The zero-order chi connectivity index (χ0) is 59.6. The third kappa shape index (κ3) is 104. The first-order valence-corrected chi connectivity index (χ1v) is 35.9. The van der Waals surface area contributed by atoms with E-state index in [0.717, 1.165) is 51.4 Å². The first-order valence-electron chi connectivity index (χ1n) is 35.9. The van der Waals surface area contributed by atoms with Crippen LogP contribution in [0, 0.1) is 0 Å². The molecule has 8 nitrogen and oxygen atoms in total. The van der Waals surface area contributed by atoms with Crippen molar-refractivity contribution in [3.05, 3.63) is 0 Å². The summed E-state index contributed by atoms with van der Waals surface area (Å²) < 4.78 is 0. The van der Waals surface area contributed by atoms with E-state index in [-0.39, 0.29) is 45.5 Å². The van der Waals surface area contributed by atoms with Crippen molar-refractivity contribution < 1.29 is 59.4 Å². The molecule has 0 aliphatic heterocycles. The van der Waals surface area contributed by atoms with Crippen LogP contribution in [0.4, 0.5) is 0 Å². The SMILES string of the molecule is CCCCCCCCCCCCCCCCCC(=O)[O-].CCCCCCCCCCCCCCCCCC(=O)[O-].CCCCCCCCCCCCCCCCCC(=O)[O-].CCCCCCCCCCCCCCCCCC(=O)[O-].[Os+4]. The Morgan fingerprint density at radius 1 is 0.160 bits per heavy atom. The maximum absolute atomic E-state index is 10.2. The second kappa shape index (κ2) is 85.0. The fourth-order valence-corrected chi connectivity index (χ4v) is 10.6. The fraction of sp³-hybridized carbons (Fsp3) is 0.944. The van der Waals surface area contributed by atoms with Crippen molar-refractivity contribution in [1.82, 2.24) is 0 Å². The molecule has 0 aromatic heterocycles. The number of hydrogen-bond donors (Lipinski definition) is 0. The van der Waals surface area contributed by atoms with Crippen molar-refractivity contribution in [3.63, 3.8) is 0 Å². The van der Waals surface area contributed by atoms with Crippen molar-refractivity contribution in [3.8, 4) is 0 Å². The molecule has 81 heavy (non-hydrogen) atoms. The number of carboxylic acid groups (broad SMARTS) is 4. The van der Waals surface area contributed by atoms with Gasteiger partial charge in [-0.3, -0.25) is 0 Å². The second-order valence-corrected chi connectivity index (χ2v) is 24.3. The summed E-state index contributed by atoms with van der Waals surface area (Å²) in [6.07, 6.45) is 79.4. The third-order valence-corrected chi connectivity index (χ3v) is 15.9. The average Bonchev–Trinajstić information content (AvgIpc) is 3.43. The Morgan fingerprint density at radius 2 is 0.235 bits per heavy atom. The van der Waals surface area contributed by atoms with Crippen molar-refractivity contribution in [2.75, 3.05) is 0 Å². The first-order chi connectivity index (χ1) is 39.1. The Balaban J connectivity index is -0.000000316. The van der Waals surface area contributed by atoms with Gasteiger partial charge in [0.1, 0.15) is 0 Å². The van der Waals surface area contributed by atoms with E-state index < -0.39 is 23.9 Å². The summed E-state index contributed by atoms with van der Waals surface area (Å²) in [6.45, 7) is 9.07. The molecule has 0 atom stereocenters. The van der Waals surface area contributed by atoms with E-state index in [1.807, 2.05) is 0 Å².